The van der Waals surface area contributed by atoms with Crippen LogP contribution in [0.4, 0.5) is 0 Å². The molecule has 1 heterocycles. The molecule has 3 nitrogen and oxygen atoms in total. The number of hydrogen-bond donors (Lipinski definition) is 0. The second-order valence-corrected chi connectivity index (χ2v) is 6.88. The minimum Gasteiger partial charge on any atom is -0.445 e. The predicted molar refractivity (Wildman–Crippen MR) is 75.4 cm³/mol. The van der Waals surface area contributed by atoms with E-state index < -0.39 is 0 Å². The molecule has 104 valence electrons. The Morgan fingerprint density at radius 3 is 2.55 bits per heavy atom. The first-order chi connectivity index (χ1) is 9.81. The van der Waals surface area contributed by atoms with Crippen molar-refractivity contribution in [2.45, 2.75) is 38.5 Å². The standard InChI is InChI=1S/C17H20N2O/c18-4-3-15-10-20-17(19-15)2-1-16-13-6-11-5-12(8-13)9-14(16)7-11/h1-2,10-14,16H,3,5-9H2/b2-1+. The molecular formula is C17H20N2O. The largest absolute Gasteiger partial charge is 0.445 e. The summed E-state index contributed by atoms with van der Waals surface area (Å²) in [6, 6.07) is 2.10. The van der Waals surface area contributed by atoms with Crippen molar-refractivity contribution < 1.29 is 4.42 Å². The maximum atomic E-state index is 8.65. The molecule has 0 saturated heterocycles. The maximum absolute atomic E-state index is 8.65. The highest BCUT2D eigenvalue weighted by Gasteiger charge is 2.47. The first-order valence-electron chi connectivity index (χ1n) is 7.81. The van der Waals surface area contributed by atoms with E-state index in [1.165, 1.54) is 32.1 Å². The third-order valence-electron chi connectivity index (χ3n) is 5.59. The van der Waals surface area contributed by atoms with Crippen LogP contribution in [0.5, 0.6) is 0 Å². The summed E-state index contributed by atoms with van der Waals surface area (Å²) >= 11 is 0. The average molecular weight is 268 g/mol. The van der Waals surface area contributed by atoms with Crippen LogP contribution in [0.3, 0.4) is 0 Å². The van der Waals surface area contributed by atoms with Gasteiger partial charge in [0, 0.05) is 0 Å². The van der Waals surface area contributed by atoms with Gasteiger partial charge >= 0.3 is 0 Å². The van der Waals surface area contributed by atoms with Crippen molar-refractivity contribution in [2.75, 3.05) is 0 Å². The van der Waals surface area contributed by atoms with E-state index in [0.29, 0.717) is 12.3 Å². The molecule has 5 rings (SSSR count). The van der Waals surface area contributed by atoms with Crippen LogP contribution in [0.25, 0.3) is 6.08 Å². The number of oxazole rings is 1. The van der Waals surface area contributed by atoms with E-state index in [2.05, 4.69) is 17.1 Å². The fourth-order valence-electron chi connectivity index (χ4n) is 5.04. The number of nitrogens with zero attached hydrogens (tertiary/aromatic N) is 2. The summed E-state index contributed by atoms with van der Waals surface area (Å²) in [7, 11) is 0. The van der Waals surface area contributed by atoms with E-state index in [1.807, 2.05) is 6.08 Å². The quantitative estimate of drug-likeness (QED) is 0.837. The van der Waals surface area contributed by atoms with Crippen LogP contribution in [0, 0.1) is 40.9 Å². The lowest BCUT2D eigenvalue weighted by molar-refractivity contribution is -0.0158. The Hall–Kier alpha value is -1.56. The summed E-state index contributed by atoms with van der Waals surface area (Å²) in [6.45, 7) is 0. The zero-order chi connectivity index (χ0) is 13.5. The first kappa shape index (κ1) is 12.2. The highest BCUT2D eigenvalue weighted by Crippen LogP contribution is 2.56. The van der Waals surface area contributed by atoms with Gasteiger partial charge in [-0.25, -0.2) is 4.98 Å². The third kappa shape index (κ3) is 2.08. The Kier molecular flexibility index (Phi) is 2.91. The average Bonchev–Trinajstić information content (AvgIpc) is 2.85. The molecule has 0 unspecified atom stereocenters. The van der Waals surface area contributed by atoms with Gasteiger partial charge in [-0.3, -0.25) is 0 Å². The van der Waals surface area contributed by atoms with Crippen molar-refractivity contribution in [3.8, 4) is 6.07 Å². The van der Waals surface area contributed by atoms with E-state index >= 15 is 0 Å². The molecular weight excluding hydrogens is 248 g/mol. The molecule has 0 aliphatic heterocycles. The minimum absolute atomic E-state index is 0.329. The number of hydrogen-bond acceptors (Lipinski definition) is 3. The van der Waals surface area contributed by atoms with Gasteiger partial charge < -0.3 is 4.42 Å². The SMILES string of the molecule is N#CCc1coc(/C=C/C2C3CC4CC(C3)CC2C4)n1. The van der Waals surface area contributed by atoms with Crippen molar-refractivity contribution in [1.29, 1.82) is 5.26 Å². The summed E-state index contributed by atoms with van der Waals surface area (Å²) in [5.41, 5.74) is 0.734. The van der Waals surface area contributed by atoms with E-state index in [9.17, 15) is 0 Å². The minimum atomic E-state index is 0.329. The van der Waals surface area contributed by atoms with Crippen LogP contribution in [0.2, 0.25) is 0 Å². The molecule has 0 aromatic carbocycles. The molecule has 1 aromatic rings. The lowest BCUT2D eigenvalue weighted by Gasteiger charge is -2.53. The van der Waals surface area contributed by atoms with Crippen LogP contribution in [0.15, 0.2) is 16.8 Å². The molecule has 0 radical (unpaired) electrons. The first-order valence-corrected chi connectivity index (χ1v) is 7.81. The van der Waals surface area contributed by atoms with Gasteiger partial charge in [0.05, 0.1) is 18.2 Å². The Balaban J connectivity index is 1.48. The van der Waals surface area contributed by atoms with Gasteiger partial charge in [0.25, 0.3) is 0 Å². The van der Waals surface area contributed by atoms with E-state index in [4.69, 9.17) is 9.68 Å². The second-order valence-electron chi connectivity index (χ2n) is 6.88. The lowest BCUT2D eigenvalue weighted by Crippen LogP contribution is -2.44. The fraction of sp³-hybridized carbons (Fsp3) is 0.647. The zero-order valence-corrected chi connectivity index (χ0v) is 11.7. The van der Waals surface area contributed by atoms with Gasteiger partial charge in [-0.15, -0.1) is 0 Å². The molecule has 0 spiro atoms. The Labute approximate surface area is 119 Å². The van der Waals surface area contributed by atoms with Gasteiger partial charge in [-0.2, -0.15) is 5.26 Å². The lowest BCUT2D eigenvalue weighted by atomic mass is 9.52. The topological polar surface area (TPSA) is 49.8 Å². The summed E-state index contributed by atoms with van der Waals surface area (Å²) in [6.07, 6.45) is 13.6. The second kappa shape index (κ2) is 4.77. The molecule has 0 amide bonds. The molecule has 4 saturated carbocycles. The Morgan fingerprint density at radius 2 is 1.90 bits per heavy atom. The summed E-state index contributed by atoms with van der Waals surface area (Å²) in [5.74, 6) is 5.22. The van der Waals surface area contributed by atoms with Crippen LogP contribution in [-0.2, 0) is 6.42 Å². The van der Waals surface area contributed by atoms with Crippen LogP contribution in [0.1, 0.15) is 43.7 Å². The zero-order valence-electron chi connectivity index (χ0n) is 11.7. The van der Waals surface area contributed by atoms with E-state index in [-0.39, 0.29) is 0 Å². The Bertz CT molecular complexity index is 538. The summed E-state index contributed by atoms with van der Waals surface area (Å²) in [4.78, 5) is 4.33. The van der Waals surface area contributed by atoms with Gasteiger partial charge in [0.1, 0.15) is 6.26 Å². The maximum Gasteiger partial charge on any atom is 0.218 e. The number of rotatable bonds is 3. The highest BCUT2D eigenvalue weighted by molar-refractivity contribution is 5.39. The van der Waals surface area contributed by atoms with Crippen LogP contribution >= 0.6 is 0 Å². The van der Waals surface area contributed by atoms with Crippen molar-refractivity contribution in [3.63, 3.8) is 0 Å². The number of nitriles is 1. The molecule has 4 bridgehead atoms. The van der Waals surface area contributed by atoms with Gasteiger partial charge in [-0.1, -0.05) is 6.08 Å². The van der Waals surface area contributed by atoms with Crippen LogP contribution in [-0.4, -0.2) is 4.98 Å². The van der Waals surface area contributed by atoms with Gasteiger partial charge in [0.2, 0.25) is 5.89 Å². The van der Waals surface area contributed by atoms with E-state index in [1.54, 1.807) is 6.26 Å². The summed E-state index contributed by atoms with van der Waals surface area (Å²) in [5, 5.41) is 8.65. The number of allylic oxidation sites excluding steroid dienone is 1. The fourth-order valence-corrected chi connectivity index (χ4v) is 5.04. The smallest absolute Gasteiger partial charge is 0.218 e. The van der Waals surface area contributed by atoms with Gasteiger partial charge in [0.15, 0.2) is 0 Å². The summed E-state index contributed by atoms with van der Waals surface area (Å²) < 4.78 is 5.41. The molecule has 4 aliphatic carbocycles. The van der Waals surface area contributed by atoms with Crippen molar-refractivity contribution in [2.24, 2.45) is 29.6 Å². The van der Waals surface area contributed by atoms with Gasteiger partial charge in [-0.05, 0) is 67.8 Å². The normalized spacial score (nSPS) is 38.5. The molecule has 3 heteroatoms. The predicted octanol–water partition coefficient (Wildman–Crippen LogP) is 3.83. The Morgan fingerprint density at radius 1 is 1.20 bits per heavy atom. The highest BCUT2D eigenvalue weighted by atomic mass is 16.3. The molecule has 4 fully saturated rings. The number of aromatic nitrogens is 1. The van der Waals surface area contributed by atoms with Crippen molar-refractivity contribution in [1.82, 2.24) is 4.98 Å². The molecule has 1 aromatic heterocycles. The van der Waals surface area contributed by atoms with Crippen molar-refractivity contribution in [3.05, 3.63) is 23.9 Å². The molecule has 4 aliphatic rings. The molecule has 0 atom stereocenters. The van der Waals surface area contributed by atoms with Crippen molar-refractivity contribution >= 4 is 6.08 Å². The molecule has 20 heavy (non-hydrogen) atoms. The monoisotopic (exact) mass is 268 g/mol. The van der Waals surface area contributed by atoms with Crippen LogP contribution < -0.4 is 0 Å². The molecule has 0 N–H and O–H groups in total. The van der Waals surface area contributed by atoms with E-state index in [0.717, 1.165) is 35.3 Å². The third-order valence-corrected chi connectivity index (χ3v) is 5.59.